The summed E-state index contributed by atoms with van der Waals surface area (Å²) in [5.74, 6) is -0.434. The fourth-order valence-electron chi connectivity index (χ4n) is 1.95. The molecular weight excluding hydrogens is 284 g/mol. The molecule has 0 saturated heterocycles. The smallest absolute Gasteiger partial charge is 0.126 e. The average molecular weight is 298 g/mol. The summed E-state index contributed by atoms with van der Waals surface area (Å²) in [7, 11) is 0. The molecular formula is C15H14Cl2FN. The van der Waals surface area contributed by atoms with Gasteiger partial charge in [-0.05, 0) is 31.0 Å². The van der Waals surface area contributed by atoms with E-state index in [9.17, 15) is 4.39 Å². The summed E-state index contributed by atoms with van der Waals surface area (Å²) >= 11 is 12.0. The molecule has 4 heteroatoms. The number of benzene rings is 2. The van der Waals surface area contributed by atoms with Crippen molar-refractivity contribution in [1.29, 1.82) is 0 Å². The molecule has 100 valence electrons. The molecule has 2 aromatic rings. The molecule has 2 aromatic carbocycles. The quantitative estimate of drug-likeness (QED) is 0.820. The minimum Gasteiger partial charge on any atom is -0.380 e. The number of hydrogen-bond donors (Lipinski definition) is 1. The zero-order chi connectivity index (χ0) is 13.8. The van der Waals surface area contributed by atoms with E-state index in [1.807, 2.05) is 25.1 Å². The van der Waals surface area contributed by atoms with Gasteiger partial charge in [0.05, 0.1) is 15.7 Å². The minimum atomic E-state index is -0.434. The molecule has 0 radical (unpaired) electrons. The first-order chi connectivity index (χ1) is 9.06. The predicted octanol–water partition coefficient (Wildman–Crippen LogP) is 5.18. The minimum absolute atomic E-state index is 0.142. The third kappa shape index (κ3) is 3.85. The van der Waals surface area contributed by atoms with Crippen LogP contribution in [0.15, 0.2) is 42.5 Å². The molecule has 1 atom stereocenters. The fraction of sp³-hybridized carbons (Fsp3) is 0.200. The lowest BCUT2D eigenvalue weighted by atomic mass is 10.1. The van der Waals surface area contributed by atoms with Crippen molar-refractivity contribution in [3.05, 3.63) is 63.9 Å². The van der Waals surface area contributed by atoms with E-state index in [-0.39, 0.29) is 6.04 Å². The van der Waals surface area contributed by atoms with E-state index in [2.05, 4.69) is 17.4 Å². The van der Waals surface area contributed by atoms with Crippen molar-refractivity contribution in [3.63, 3.8) is 0 Å². The van der Waals surface area contributed by atoms with Gasteiger partial charge in [-0.25, -0.2) is 4.39 Å². The van der Waals surface area contributed by atoms with Crippen LogP contribution >= 0.6 is 23.2 Å². The van der Waals surface area contributed by atoms with Crippen LogP contribution in [0.25, 0.3) is 0 Å². The summed E-state index contributed by atoms with van der Waals surface area (Å²) < 4.78 is 13.1. The van der Waals surface area contributed by atoms with E-state index < -0.39 is 5.82 Å². The molecule has 0 amide bonds. The van der Waals surface area contributed by atoms with Gasteiger partial charge in [0.15, 0.2) is 0 Å². The van der Waals surface area contributed by atoms with E-state index in [1.165, 1.54) is 17.7 Å². The highest BCUT2D eigenvalue weighted by Crippen LogP contribution is 2.32. The molecule has 0 saturated carbocycles. The Balaban J connectivity index is 2.09. The normalized spacial score (nSPS) is 12.2. The largest absolute Gasteiger partial charge is 0.380 e. The maximum absolute atomic E-state index is 13.1. The third-order valence-electron chi connectivity index (χ3n) is 2.78. The van der Waals surface area contributed by atoms with E-state index in [0.717, 1.165) is 6.42 Å². The molecule has 0 aliphatic carbocycles. The predicted molar refractivity (Wildman–Crippen MR) is 79.7 cm³/mol. The zero-order valence-electron chi connectivity index (χ0n) is 10.5. The lowest BCUT2D eigenvalue weighted by Gasteiger charge is -2.17. The third-order valence-corrected chi connectivity index (χ3v) is 3.38. The van der Waals surface area contributed by atoms with E-state index in [4.69, 9.17) is 23.2 Å². The SMILES string of the molecule is CC(Cc1ccccc1)Nc1c(Cl)cc(F)cc1Cl. The Morgan fingerprint density at radius 1 is 1.11 bits per heavy atom. The molecule has 1 nitrogen and oxygen atoms in total. The Morgan fingerprint density at radius 3 is 2.26 bits per heavy atom. The highest BCUT2D eigenvalue weighted by Gasteiger charge is 2.11. The number of hydrogen-bond acceptors (Lipinski definition) is 1. The summed E-state index contributed by atoms with van der Waals surface area (Å²) in [6.07, 6.45) is 0.838. The van der Waals surface area contributed by atoms with Crippen molar-refractivity contribution in [2.45, 2.75) is 19.4 Å². The van der Waals surface area contributed by atoms with Crippen molar-refractivity contribution in [2.75, 3.05) is 5.32 Å². The Bertz CT molecular complexity index is 534. The van der Waals surface area contributed by atoms with Crippen molar-refractivity contribution in [2.24, 2.45) is 0 Å². The first-order valence-electron chi connectivity index (χ1n) is 6.01. The lowest BCUT2D eigenvalue weighted by Crippen LogP contribution is -2.18. The van der Waals surface area contributed by atoms with E-state index >= 15 is 0 Å². The molecule has 0 spiro atoms. The van der Waals surface area contributed by atoms with Crippen LogP contribution in [-0.4, -0.2) is 6.04 Å². The number of halogens is 3. The van der Waals surface area contributed by atoms with Crippen molar-refractivity contribution in [3.8, 4) is 0 Å². The maximum Gasteiger partial charge on any atom is 0.126 e. The zero-order valence-corrected chi connectivity index (χ0v) is 12.0. The van der Waals surface area contributed by atoms with E-state index in [0.29, 0.717) is 15.7 Å². The van der Waals surface area contributed by atoms with Gasteiger partial charge < -0.3 is 5.32 Å². The van der Waals surface area contributed by atoms with Crippen molar-refractivity contribution in [1.82, 2.24) is 0 Å². The van der Waals surface area contributed by atoms with Gasteiger partial charge in [-0.1, -0.05) is 53.5 Å². The van der Waals surface area contributed by atoms with Crippen LogP contribution in [0, 0.1) is 5.82 Å². The second-order valence-electron chi connectivity index (χ2n) is 4.48. The van der Waals surface area contributed by atoms with Gasteiger partial charge in [-0.15, -0.1) is 0 Å². The van der Waals surface area contributed by atoms with Crippen LogP contribution in [0.2, 0.25) is 10.0 Å². The summed E-state index contributed by atoms with van der Waals surface area (Å²) in [6.45, 7) is 2.03. The highest BCUT2D eigenvalue weighted by molar-refractivity contribution is 6.39. The molecule has 0 bridgehead atoms. The maximum atomic E-state index is 13.1. The van der Waals surface area contributed by atoms with Crippen LogP contribution in [0.4, 0.5) is 10.1 Å². The summed E-state index contributed by atoms with van der Waals surface area (Å²) in [6, 6.07) is 12.8. The van der Waals surface area contributed by atoms with Gasteiger partial charge in [0, 0.05) is 6.04 Å². The molecule has 19 heavy (non-hydrogen) atoms. The molecule has 0 fully saturated rings. The average Bonchev–Trinajstić information content (AvgIpc) is 2.35. The van der Waals surface area contributed by atoms with Crippen LogP contribution in [0.5, 0.6) is 0 Å². The van der Waals surface area contributed by atoms with Crippen LogP contribution in [0.3, 0.4) is 0 Å². The number of anilines is 1. The Kier molecular flexibility index (Phi) is 4.67. The van der Waals surface area contributed by atoms with Gasteiger partial charge in [0.2, 0.25) is 0 Å². The first-order valence-corrected chi connectivity index (χ1v) is 6.77. The lowest BCUT2D eigenvalue weighted by molar-refractivity contribution is 0.628. The van der Waals surface area contributed by atoms with Gasteiger partial charge in [0.1, 0.15) is 5.82 Å². The second kappa shape index (κ2) is 6.27. The van der Waals surface area contributed by atoms with Gasteiger partial charge in [-0.3, -0.25) is 0 Å². The highest BCUT2D eigenvalue weighted by atomic mass is 35.5. The van der Waals surface area contributed by atoms with Crippen LogP contribution in [-0.2, 0) is 6.42 Å². The van der Waals surface area contributed by atoms with Gasteiger partial charge in [0.25, 0.3) is 0 Å². The summed E-state index contributed by atoms with van der Waals surface area (Å²) in [5.41, 5.74) is 1.80. The van der Waals surface area contributed by atoms with Gasteiger partial charge in [-0.2, -0.15) is 0 Å². The van der Waals surface area contributed by atoms with Crippen LogP contribution < -0.4 is 5.32 Å². The monoisotopic (exact) mass is 297 g/mol. The number of rotatable bonds is 4. The molecule has 2 rings (SSSR count). The molecule has 1 unspecified atom stereocenters. The number of nitrogens with one attached hydrogen (secondary N) is 1. The first kappa shape index (κ1) is 14.2. The standard InChI is InChI=1S/C15H14Cl2FN/c1-10(7-11-5-3-2-4-6-11)19-15-13(16)8-12(18)9-14(15)17/h2-6,8-10,19H,7H2,1H3. The molecule has 0 heterocycles. The topological polar surface area (TPSA) is 12.0 Å². The molecule has 0 aliphatic rings. The second-order valence-corrected chi connectivity index (χ2v) is 5.29. The Morgan fingerprint density at radius 2 is 1.68 bits per heavy atom. The Hall–Kier alpha value is -1.25. The molecule has 0 aromatic heterocycles. The van der Waals surface area contributed by atoms with Crippen LogP contribution in [0.1, 0.15) is 12.5 Å². The molecule has 1 N–H and O–H groups in total. The van der Waals surface area contributed by atoms with E-state index in [1.54, 1.807) is 0 Å². The van der Waals surface area contributed by atoms with Crippen molar-refractivity contribution < 1.29 is 4.39 Å². The fourth-order valence-corrected chi connectivity index (χ4v) is 2.51. The Labute approximate surface area is 122 Å². The summed E-state index contributed by atoms with van der Waals surface area (Å²) in [5, 5.41) is 3.82. The molecule has 0 aliphatic heterocycles. The van der Waals surface area contributed by atoms with Crippen molar-refractivity contribution >= 4 is 28.9 Å². The van der Waals surface area contributed by atoms with Gasteiger partial charge >= 0.3 is 0 Å². The summed E-state index contributed by atoms with van der Waals surface area (Å²) in [4.78, 5) is 0.